The van der Waals surface area contributed by atoms with Crippen molar-refractivity contribution in [2.24, 2.45) is 0 Å². The lowest BCUT2D eigenvalue weighted by Crippen LogP contribution is -2.06. The van der Waals surface area contributed by atoms with E-state index < -0.39 is 0 Å². The summed E-state index contributed by atoms with van der Waals surface area (Å²) in [6.45, 7) is 3.26. The summed E-state index contributed by atoms with van der Waals surface area (Å²) in [5.41, 5.74) is 5.34. The van der Waals surface area contributed by atoms with E-state index in [9.17, 15) is 0 Å². The summed E-state index contributed by atoms with van der Waals surface area (Å²) in [4.78, 5) is 16.6. The van der Waals surface area contributed by atoms with E-state index >= 15 is 0 Å². The molecule has 4 N–H and O–H groups in total. The number of imidazole rings is 1. The van der Waals surface area contributed by atoms with Gasteiger partial charge in [0.1, 0.15) is 11.6 Å². The molecule has 0 amide bonds. The molecule has 0 radical (unpaired) electrons. The number of hydrogen-bond donors (Lipinski definition) is 4. The lowest BCUT2D eigenvalue weighted by molar-refractivity contribution is 1.04. The topological polar surface area (TPSA) is 107 Å². The number of rotatable bonds is 6. The first-order valence-corrected chi connectivity index (χ1v) is 9.41. The maximum atomic E-state index is 4.55. The van der Waals surface area contributed by atoms with Gasteiger partial charge in [0.25, 0.3) is 0 Å². The van der Waals surface area contributed by atoms with Crippen molar-refractivity contribution >= 4 is 33.7 Å². The second-order valence-corrected chi connectivity index (χ2v) is 6.94. The van der Waals surface area contributed by atoms with Crippen LogP contribution in [0.4, 0.5) is 11.8 Å². The Balaban J connectivity index is 1.23. The number of hydrogen-bond acceptors (Lipinski definition) is 6. The van der Waals surface area contributed by atoms with Gasteiger partial charge in [-0.05, 0) is 48.4 Å². The molecule has 0 atom stereocenters. The second-order valence-electron chi connectivity index (χ2n) is 6.94. The highest BCUT2D eigenvalue weighted by molar-refractivity contribution is 5.78. The third-order valence-electron chi connectivity index (χ3n) is 4.75. The van der Waals surface area contributed by atoms with Crippen LogP contribution in [0.3, 0.4) is 0 Å². The molecule has 0 fully saturated rings. The number of aromatic nitrogens is 6. The van der Waals surface area contributed by atoms with Crippen molar-refractivity contribution in [1.29, 1.82) is 0 Å². The predicted molar refractivity (Wildman–Crippen MR) is 114 cm³/mol. The summed E-state index contributed by atoms with van der Waals surface area (Å²) in [6.07, 6.45) is 3.58. The number of anilines is 2. The van der Waals surface area contributed by atoms with Gasteiger partial charge in [0, 0.05) is 24.7 Å². The molecule has 0 aliphatic heterocycles. The Morgan fingerprint density at radius 3 is 2.72 bits per heavy atom. The number of nitrogens with zero attached hydrogens (tertiary/aromatic N) is 4. The van der Waals surface area contributed by atoms with Crippen LogP contribution in [0, 0.1) is 6.92 Å². The molecule has 0 aliphatic rings. The molecule has 3 heterocycles. The SMILES string of the molecule is Cc1nc2ccc(CNc3nccc(NCc4ccc5[nH]ncc5c4)n3)cc2[nH]1. The molecule has 5 rings (SSSR count). The van der Waals surface area contributed by atoms with Gasteiger partial charge < -0.3 is 15.6 Å². The van der Waals surface area contributed by atoms with Crippen molar-refractivity contribution in [1.82, 2.24) is 30.1 Å². The van der Waals surface area contributed by atoms with E-state index in [1.165, 1.54) is 0 Å². The van der Waals surface area contributed by atoms with Gasteiger partial charge >= 0.3 is 0 Å². The molecule has 2 aromatic carbocycles. The lowest BCUT2D eigenvalue weighted by atomic mass is 10.1. The predicted octanol–water partition coefficient (Wildman–Crippen LogP) is 3.76. The van der Waals surface area contributed by atoms with Crippen molar-refractivity contribution in [2.75, 3.05) is 10.6 Å². The number of H-pyrrole nitrogens is 2. The molecule has 8 heteroatoms. The van der Waals surface area contributed by atoms with Crippen LogP contribution in [0.1, 0.15) is 17.0 Å². The molecule has 8 nitrogen and oxygen atoms in total. The van der Waals surface area contributed by atoms with E-state index in [1.54, 1.807) is 6.20 Å². The zero-order chi connectivity index (χ0) is 19.6. The standard InChI is InChI=1S/C21H20N8/c1-13-26-18-5-3-15(9-19(18)27-13)11-24-21-22-7-6-20(28-21)23-10-14-2-4-17-16(8-14)12-25-29-17/h2-9,12H,10-11H2,1H3,(H,25,29)(H,26,27)(H2,22,23,24,28). The quantitative estimate of drug-likeness (QED) is 0.355. The van der Waals surface area contributed by atoms with E-state index in [1.807, 2.05) is 31.3 Å². The first-order valence-electron chi connectivity index (χ1n) is 9.41. The summed E-state index contributed by atoms with van der Waals surface area (Å²) < 4.78 is 0. The van der Waals surface area contributed by atoms with E-state index in [0.717, 1.165) is 44.7 Å². The minimum Gasteiger partial charge on any atom is -0.366 e. The van der Waals surface area contributed by atoms with Crippen LogP contribution in [0.2, 0.25) is 0 Å². The second kappa shape index (κ2) is 7.23. The summed E-state index contributed by atoms with van der Waals surface area (Å²) >= 11 is 0. The van der Waals surface area contributed by atoms with Crippen molar-refractivity contribution in [3.8, 4) is 0 Å². The zero-order valence-corrected chi connectivity index (χ0v) is 15.9. The van der Waals surface area contributed by atoms with Crippen LogP contribution < -0.4 is 10.6 Å². The number of aromatic amines is 2. The number of benzene rings is 2. The van der Waals surface area contributed by atoms with Gasteiger partial charge in [-0.1, -0.05) is 12.1 Å². The Kier molecular flexibility index (Phi) is 4.28. The Labute approximate surface area is 166 Å². The van der Waals surface area contributed by atoms with Gasteiger partial charge in [0.05, 0.1) is 22.7 Å². The molecule has 0 unspecified atom stereocenters. The molecular weight excluding hydrogens is 364 g/mol. The fraction of sp³-hybridized carbons (Fsp3) is 0.143. The van der Waals surface area contributed by atoms with Gasteiger partial charge in [-0.2, -0.15) is 10.1 Å². The Morgan fingerprint density at radius 1 is 0.897 bits per heavy atom. The molecule has 0 aliphatic carbocycles. The molecular formula is C21H20N8. The Bertz CT molecular complexity index is 1290. The highest BCUT2D eigenvalue weighted by Gasteiger charge is 2.04. The molecule has 144 valence electrons. The number of aryl methyl sites for hydroxylation is 1. The van der Waals surface area contributed by atoms with Crippen LogP contribution in [-0.2, 0) is 13.1 Å². The fourth-order valence-corrected chi connectivity index (χ4v) is 3.31. The number of fused-ring (bicyclic) bond motifs is 2. The van der Waals surface area contributed by atoms with E-state index in [4.69, 9.17) is 0 Å². The summed E-state index contributed by atoms with van der Waals surface area (Å²) in [5.74, 6) is 2.27. The molecule has 0 bridgehead atoms. The Hall–Kier alpha value is -3.94. The van der Waals surface area contributed by atoms with E-state index in [-0.39, 0.29) is 0 Å². The van der Waals surface area contributed by atoms with E-state index in [0.29, 0.717) is 19.0 Å². The van der Waals surface area contributed by atoms with Crippen molar-refractivity contribution in [3.05, 3.63) is 71.8 Å². The largest absolute Gasteiger partial charge is 0.366 e. The zero-order valence-electron chi connectivity index (χ0n) is 15.9. The maximum Gasteiger partial charge on any atom is 0.224 e. The van der Waals surface area contributed by atoms with Crippen LogP contribution in [0.15, 0.2) is 54.9 Å². The molecule has 0 saturated heterocycles. The summed E-state index contributed by atoms with van der Waals surface area (Å²) in [7, 11) is 0. The van der Waals surface area contributed by atoms with Gasteiger partial charge in [0.2, 0.25) is 5.95 Å². The monoisotopic (exact) mass is 384 g/mol. The maximum absolute atomic E-state index is 4.55. The third kappa shape index (κ3) is 3.73. The van der Waals surface area contributed by atoms with Gasteiger partial charge in [0.15, 0.2) is 0 Å². The molecule has 0 spiro atoms. The minimum atomic E-state index is 0.584. The normalized spacial score (nSPS) is 11.2. The molecule has 0 saturated carbocycles. The third-order valence-corrected chi connectivity index (χ3v) is 4.75. The minimum absolute atomic E-state index is 0.584. The van der Waals surface area contributed by atoms with Crippen LogP contribution in [0.25, 0.3) is 21.9 Å². The molecule has 29 heavy (non-hydrogen) atoms. The van der Waals surface area contributed by atoms with Crippen LogP contribution in [-0.4, -0.2) is 30.1 Å². The van der Waals surface area contributed by atoms with Crippen molar-refractivity contribution in [2.45, 2.75) is 20.0 Å². The highest BCUT2D eigenvalue weighted by atomic mass is 15.1. The van der Waals surface area contributed by atoms with Crippen molar-refractivity contribution < 1.29 is 0 Å². The van der Waals surface area contributed by atoms with Crippen LogP contribution >= 0.6 is 0 Å². The molecule has 5 aromatic rings. The average Bonchev–Trinajstić information content (AvgIpc) is 3.35. The molecule has 3 aromatic heterocycles. The van der Waals surface area contributed by atoms with Gasteiger partial charge in [-0.25, -0.2) is 9.97 Å². The summed E-state index contributed by atoms with van der Waals surface area (Å²) in [6, 6.07) is 14.2. The average molecular weight is 384 g/mol. The van der Waals surface area contributed by atoms with Gasteiger partial charge in [-0.15, -0.1) is 0 Å². The van der Waals surface area contributed by atoms with E-state index in [2.05, 4.69) is 65.0 Å². The smallest absolute Gasteiger partial charge is 0.224 e. The Morgan fingerprint density at radius 2 is 1.76 bits per heavy atom. The fourth-order valence-electron chi connectivity index (χ4n) is 3.31. The summed E-state index contributed by atoms with van der Waals surface area (Å²) in [5, 5.41) is 14.7. The van der Waals surface area contributed by atoms with Gasteiger partial charge in [-0.3, -0.25) is 5.10 Å². The first kappa shape index (κ1) is 17.2. The lowest BCUT2D eigenvalue weighted by Gasteiger charge is -2.09. The highest BCUT2D eigenvalue weighted by Crippen LogP contribution is 2.16. The van der Waals surface area contributed by atoms with Crippen LogP contribution in [0.5, 0.6) is 0 Å². The van der Waals surface area contributed by atoms with Crippen molar-refractivity contribution in [3.63, 3.8) is 0 Å². The number of nitrogens with one attached hydrogen (secondary N) is 4. The first-order chi connectivity index (χ1) is 14.2.